The van der Waals surface area contributed by atoms with E-state index in [4.69, 9.17) is 26.1 Å². The van der Waals surface area contributed by atoms with Gasteiger partial charge in [0, 0.05) is 49.5 Å². The molecule has 1 aromatic carbocycles. The summed E-state index contributed by atoms with van der Waals surface area (Å²) >= 11 is 9.74. The summed E-state index contributed by atoms with van der Waals surface area (Å²) in [5, 5.41) is 4.13. The summed E-state index contributed by atoms with van der Waals surface area (Å²) in [7, 11) is 1.72. The van der Waals surface area contributed by atoms with Crippen molar-refractivity contribution in [1.29, 1.82) is 0 Å². The molecular formula is C19H29BrClN3O2. The topological polar surface area (TPSA) is 46.1 Å². The summed E-state index contributed by atoms with van der Waals surface area (Å²) in [6, 6.07) is 5.92. The molecule has 0 atom stereocenters. The highest BCUT2D eigenvalue weighted by Gasteiger charge is 2.21. The van der Waals surface area contributed by atoms with Gasteiger partial charge in [-0.1, -0.05) is 33.6 Å². The van der Waals surface area contributed by atoms with Crippen molar-refractivity contribution in [1.82, 2.24) is 10.2 Å². The number of nitrogens with one attached hydrogen (secondary N) is 1. The van der Waals surface area contributed by atoms with Crippen molar-refractivity contribution < 1.29 is 9.47 Å². The molecule has 146 valence electrons. The van der Waals surface area contributed by atoms with Crippen molar-refractivity contribution in [2.75, 3.05) is 40.0 Å². The number of hydrogen-bond donors (Lipinski definition) is 1. The lowest BCUT2D eigenvalue weighted by atomic mass is 10.1. The van der Waals surface area contributed by atoms with Gasteiger partial charge in [-0.2, -0.15) is 0 Å². The number of guanidine groups is 1. The molecule has 1 aromatic rings. The summed E-state index contributed by atoms with van der Waals surface area (Å²) in [5.74, 6) is 0.948. The van der Waals surface area contributed by atoms with E-state index in [9.17, 15) is 0 Å². The molecule has 1 aliphatic heterocycles. The first-order valence-corrected chi connectivity index (χ1v) is 10.4. The molecule has 0 bridgehead atoms. The quantitative estimate of drug-likeness (QED) is 0.371. The van der Waals surface area contributed by atoms with Gasteiger partial charge in [-0.25, -0.2) is 4.99 Å². The van der Waals surface area contributed by atoms with Gasteiger partial charge in [-0.05, 0) is 43.9 Å². The first-order chi connectivity index (χ1) is 12.6. The minimum Gasteiger partial charge on any atom is -0.385 e. The number of halogens is 2. The van der Waals surface area contributed by atoms with E-state index in [1.54, 1.807) is 7.11 Å². The van der Waals surface area contributed by atoms with Crippen LogP contribution in [0.4, 0.5) is 0 Å². The largest absolute Gasteiger partial charge is 0.385 e. The SMILES string of the molecule is CCNC(=NCc1ccc(Br)cc1Cl)N1CCC(OCCCOC)CC1. The highest BCUT2D eigenvalue weighted by molar-refractivity contribution is 9.10. The predicted molar refractivity (Wildman–Crippen MR) is 111 cm³/mol. The van der Waals surface area contributed by atoms with Crippen molar-refractivity contribution in [3.05, 3.63) is 33.3 Å². The summed E-state index contributed by atoms with van der Waals surface area (Å²) in [6.45, 7) is 6.95. The maximum Gasteiger partial charge on any atom is 0.194 e. The molecule has 26 heavy (non-hydrogen) atoms. The number of methoxy groups -OCH3 is 1. The van der Waals surface area contributed by atoms with Crippen LogP contribution in [0.2, 0.25) is 5.02 Å². The third-order valence-corrected chi connectivity index (χ3v) is 5.18. The van der Waals surface area contributed by atoms with Crippen molar-refractivity contribution >= 4 is 33.5 Å². The van der Waals surface area contributed by atoms with E-state index in [0.717, 1.165) is 73.1 Å². The number of aliphatic imine (C=N–C) groups is 1. The molecule has 1 aliphatic rings. The van der Waals surface area contributed by atoms with Gasteiger partial charge in [-0.3, -0.25) is 0 Å². The van der Waals surface area contributed by atoms with E-state index < -0.39 is 0 Å². The number of rotatable bonds is 8. The molecular weight excluding hydrogens is 418 g/mol. The number of benzene rings is 1. The zero-order valence-electron chi connectivity index (χ0n) is 15.6. The van der Waals surface area contributed by atoms with Crippen LogP contribution in [0.5, 0.6) is 0 Å². The summed E-state index contributed by atoms with van der Waals surface area (Å²) < 4.78 is 12.0. The molecule has 2 rings (SSSR count). The van der Waals surface area contributed by atoms with Crippen molar-refractivity contribution in [2.24, 2.45) is 4.99 Å². The van der Waals surface area contributed by atoms with Crippen LogP contribution in [0.25, 0.3) is 0 Å². The molecule has 1 N–H and O–H groups in total. The second-order valence-corrected chi connectivity index (χ2v) is 7.63. The minimum atomic E-state index is 0.340. The molecule has 7 heteroatoms. The van der Waals surface area contributed by atoms with Crippen LogP contribution in [-0.2, 0) is 16.0 Å². The Labute approximate surface area is 170 Å². The van der Waals surface area contributed by atoms with Crippen molar-refractivity contribution in [3.8, 4) is 0 Å². The number of ether oxygens (including phenoxy) is 2. The molecule has 0 aliphatic carbocycles. The normalized spacial score (nSPS) is 16.2. The highest BCUT2D eigenvalue weighted by Crippen LogP contribution is 2.22. The lowest BCUT2D eigenvalue weighted by Crippen LogP contribution is -2.47. The van der Waals surface area contributed by atoms with Crippen molar-refractivity contribution in [2.45, 2.75) is 38.8 Å². The standard InChI is InChI=1S/C19H29BrClN3O2/c1-3-22-19(23-14-15-5-6-16(20)13-18(15)21)24-9-7-17(8-10-24)26-12-4-11-25-2/h5-6,13,17H,3-4,7-12,14H2,1-2H3,(H,22,23). The van der Waals surface area contributed by atoms with E-state index in [-0.39, 0.29) is 0 Å². The summed E-state index contributed by atoms with van der Waals surface area (Å²) in [4.78, 5) is 7.09. The molecule has 1 saturated heterocycles. The maximum absolute atomic E-state index is 6.31. The zero-order chi connectivity index (χ0) is 18.8. The Bertz CT molecular complexity index is 578. The molecule has 0 spiro atoms. The first kappa shape index (κ1) is 21.5. The van der Waals surface area contributed by atoms with Gasteiger partial charge >= 0.3 is 0 Å². The summed E-state index contributed by atoms with van der Waals surface area (Å²) in [6.07, 6.45) is 3.34. The highest BCUT2D eigenvalue weighted by atomic mass is 79.9. The van der Waals surface area contributed by atoms with E-state index in [1.807, 2.05) is 18.2 Å². The average Bonchev–Trinajstić information content (AvgIpc) is 2.64. The van der Waals surface area contributed by atoms with Gasteiger partial charge in [0.2, 0.25) is 0 Å². The molecule has 5 nitrogen and oxygen atoms in total. The molecule has 0 radical (unpaired) electrons. The van der Waals surface area contributed by atoms with Crippen LogP contribution in [0.1, 0.15) is 31.7 Å². The molecule has 0 saturated carbocycles. The van der Waals surface area contributed by atoms with E-state index >= 15 is 0 Å². The molecule has 1 heterocycles. The van der Waals surface area contributed by atoms with Gasteiger partial charge in [0.25, 0.3) is 0 Å². The molecule has 1 fully saturated rings. The predicted octanol–water partition coefficient (Wildman–Crippen LogP) is 4.09. The average molecular weight is 447 g/mol. The van der Waals surface area contributed by atoms with Gasteiger partial charge in [0.15, 0.2) is 5.96 Å². The second-order valence-electron chi connectivity index (χ2n) is 6.31. The fourth-order valence-electron chi connectivity index (χ4n) is 2.92. The fraction of sp³-hybridized carbons (Fsp3) is 0.632. The van der Waals surface area contributed by atoms with Gasteiger partial charge in [0.05, 0.1) is 12.6 Å². The number of likely N-dealkylation sites (tertiary alicyclic amines) is 1. The maximum atomic E-state index is 6.31. The van der Waals surface area contributed by atoms with E-state index in [0.29, 0.717) is 12.6 Å². The molecule has 0 amide bonds. The third-order valence-electron chi connectivity index (χ3n) is 4.34. The van der Waals surface area contributed by atoms with Gasteiger partial charge in [0.1, 0.15) is 0 Å². The van der Waals surface area contributed by atoms with Crippen LogP contribution >= 0.6 is 27.5 Å². The van der Waals surface area contributed by atoms with Crippen LogP contribution in [-0.4, -0.2) is 56.9 Å². The van der Waals surface area contributed by atoms with Crippen LogP contribution in [0.3, 0.4) is 0 Å². The Morgan fingerprint density at radius 2 is 2.12 bits per heavy atom. The summed E-state index contributed by atoms with van der Waals surface area (Å²) in [5.41, 5.74) is 1.03. The van der Waals surface area contributed by atoms with Gasteiger partial charge in [-0.15, -0.1) is 0 Å². The van der Waals surface area contributed by atoms with Crippen molar-refractivity contribution in [3.63, 3.8) is 0 Å². The Balaban J connectivity index is 1.87. The Hall–Kier alpha value is -0.820. The minimum absolute atomic E-state index is 0.340. The van der Waals surface area contributed by atoms with Crippen LogP contribution in [0.15, 0.2) is 27.7 Å². The third kappa shape index (κ3) is 7.06. The number of nitrogens with zero attached hydrogens (tertiary/aromatic N) is 2. The zero-order valence-corrected chi connectivity index (χ0v) is 18.0. The number of hydrogen-bond acceptors (Lipinski definition) is 3. The van der Waals surface area contributed by atoms with E-state index in [1.165, 1.54) is 0 Å². The monoisotopic (exact) mass is 445 g/mol. The lowest BCUT2D eigenvalue weighted by Gasteiger charge is -2.34. The van der Waals surface area contributed by atoms with Crippen LogP contribution in [0, 0.1) is 0 Å². The fourth-order valence-corrected chi connectivity index (χ4v) is 3.66. The van der Waals surface area contributed by atoms with Crippen LogP contribution < -0.4 is 5.32 Å². The Morgan fingerprint density at radius 1 is 1.35 bits per heavy atom. The van der Waals surface area contributed by atoms with Gasteiger partial charge < -0.3 is 19.7 Å². The lowest BCUT2D eigenvalue weighted by molar-refractivity contribution is 0.00990. The Kier molecular flexibility index (Phi) is 9.75. The first-order valence-electron chi connectivity index (χ1n) is 9.21. The Morgan fingerprint density at radius 3 is 2.77 bits per heavy atom. The van der Waals surface area contributed by atoms with E-state index in [2.05, 4.69) is 33.1 Å². The molecule has 0 aromatic heterocycles. The molecule has 0 unspecified atom stereocenters. The smallest absolute Gasteiger partial charge is 0.194 e. The second kappa shape index (κ2) is 11.8. The number of piperidine rings is 1.